The van der Waals surface area contributed by atoms with Crippen LogP contribution in [0.1, 0.15) is 23.2 Å². The maximum Gasteiger partial charge on any atom is 0.308 e. The van der Waals surface area contributed by atoms with Crippen LogP contribution in [0.25, 0.3) is 0 Å². The third-order valence-electron chi connectivity index (χ3n) is 4.69. The molecular formula is C16H17F2NO4. The zero-order valence-corrected chi connectivity index (χ0v) is 12.6. The smallest absolute Gasteiger partial charge is 0.308 e. The van der Waals surface area contributed by atoms with Crippen LogP contribution in [-0.2, 0) is 4.79 Å². The van der Waals surface area contributed by atoms with Crippen molar-refractivity contribution in [2.45, 2.75) is 12.8 Å². The Kier molecular flexibility index (Phi) is 3.95. The molecule has 2 aliphatic rings. The molecule has 124 valence electrons. The summed E-state index contributed by atoms with van der Waals surface area (Å²) < 4.78 is 32.5. The van der Waals surface area contributed by atoms with Crippen LogP contribution in [0.2, 0.25) is 0 Å². The van der Waals surface area contributed by atoms with Crippen molar-refractivity contribution in [3.8, 4) is 5.75 Å². The molecule has 1 N–H and O–H groups in total. The highest BCUT2D eigenvalue weighted by atomic mass is 19.2. The maximum atomic E-state index is 14.1. The number of carboxylic acid groups (broad SMARTS) is 1. The minimum absolute atomic E-state index is 0.00837. The van der Waals surface area contributed by atoms with Gasteiger partial charge in [-0.3, -0.25) is 9.59 Å². The number of carbonyl (C=O) groups is 2. The van der Waals surface area contributed by atoms with E-state index in [-0.39, 0.29) is 24.8 Å². The number of aliphatic carboxylic acids is 1. The number of rotatable bonds is 4. The van der Waals surface area contributed by atoms with Gasteiger partial charge >= 0.3 is 5.97 Å². The normalized spacial score (nSPS) is 23.9. The molecule has 0 radical (unpaired) electrons. The molecule has 1 heterocycles. The number of halogens is 2. The van der Waals surface area contributed by atoms with Gasteiger partial charge in [0.25, 0.3) is 5.91 Å². The number of hydrogen-bond donors (Lipinski definition) is 1. The third kappa shape index (κ3) is 2.75. The minimum Gasteiger partial charge on any atom is -0.496 e. The molecule has 1 aliphatic carbocycles. The van der Waals surface area contributed by atoms with Crippen LogP contribution in [0.15, 0.2) is 12.1 Å². The van der Waals surface area contributed by atoms with Crippen molar-refractivity contribution in [3.05, 3.63) is 29.3 Å². The first-order valence-electron chi connectivity index (χ1n) is 7.48. The number of benzene rings is 1. The molecule has 1 aromatic carbocycles. The minimum atomic E-state index is -1.27. The van der Waals surface area contributed by atoms with Gasteiger partial charge in [0.1, 0.15) is 11.3 Å². The van der Waals surface area contributed by atoms with E-state index < -0.39 is 35.0 Å². The van der Waals surface area contributed by atoms with Gasteiger partial charge in [-0.2, -0.15) is 0 Å². The summed E-state index contributed by atoms with van der Waals surface area (Å²) in [4.78, 5) is 25.3. The van der Waals surface area contributed by atoms with E-state index >= 15 is 0 Å². The molecule has 2 atom stereocenters. The summed E-state index contributed by atoms with van der Waals surface area (Å²) in [6, 6.07) is 2.08. The summed E-state index contributed by atoms with van der Waals surface area (Å²) in [5, 5.41) is 9.33. The van der Waals surface area contributed by atoms with Crippen LogP contribution < -0.4 is 4.74 Å². The van der Waals surface area contributed by atoms with Gasteiger partial charge in [-0.25, -0.2) is 8.78 Å². The van der Waals surface area contributed by atoms with Crippen LogP contribution in [0.3, 0.4) is 0 Å². The van der Waals surface area contributed by atoms with Crippen LogP contribution >= 0.6 is 0 Å². The van der Waals surface area contributed by atoms with Gasteiger partial charge in [0, 0.05) is 13.1 Å². The number of amides is 1. The molecule has 1 aliphatic heterocycles. The number of methoxy groups -OCH3 is 1. The zero-order chi connectivity index (χ0) is 16.7. The second-order valence-electron chi connectivity index (χ2n) is 6.09. The average Bonchev–Trinajstić information content (AvgIpc) is 3.27. The quantitative estimate of drug-likeness (QED) is 0.921. The molecule has 1 amide bonds. The lowest BCUT2D eigenvalue weighted by atomic mass is 9.92. The van der Waals surface area contributed by atoms with E-state index in [1.807, 2.05) is 0 Å². The van der Waals surface area contributed by atoms with Gasteiger partial charge in [0.15, 0.2) is 11.6 Å². The van der Waals surface area contributed by atoms with E-state index in [1.54, 1.807) is 0 Å². The Morgan fingerprint density at radius 2 is 1.96 bits per heavy atom. The predicted octanol–water partition coefficient (Wildman–Crippen LogP) is 2.16. The number of carbonyl (C=O) groups excluding carboxylic acids is 1. The predicted molar refractivity (Wildman–Crippen MR) is 76.2 cm³/mol. The molecule has 0 unspecified atom stereocenters. The van der Waals surface area contributed by atoms with Crippen molar-refractivity contribution in [1.29, 1.82) is 0 Å². The van der Waals surface area contributed by atoms with Gasteiger partial charge in [-0.15, -0.1) is 0 Å². The summed E-state index contributed by atoms with van der Waals surface area (Å²) in [6.45, 7) is 0.258. The molecule has 5 nitrogen and oxygen atoms in total. The van der Waals surface area contributed by atoms with Crippen molar-refractivity contribution in [1.82, 2.24) is 4.90 Å². The van der Waals surface area contributed by atoms with Crippen LogP contribution in [0.5, 0.6) is 5.75 Å². The van der Waals surface area contributed by atoms with Crippen LogP contribution in [-0.4, -0.2) is 42.1 Å². The number of ether oxygens (including phenoxy) is 1. The summed E-state index contributed by atoms with van der Waals surface area (Å²) in [7, 11) is 1.26. The van der Waals surface area contributed by atoms with Crippen LogP contribution in [0, 0.1) is 29.4 Å². The molecule has 0 aromatic heterocycles. The summed E-state index contributed by atoms with van der Waals surface area (Å²) in [6.07, 6.45) is 1.91. The molecule has 1 saturated heterocycles. The molecule has 3 rings (SSSR count). The topological polar surface area (TPSA) is 66.8 Å². The molecule has 0 bridgehead atoms. The highest BCUT2D eigenvalue weighted by molar-refractivity contribution is 5.97. The first-order chi connectivity index (χ1) is 10.9. The molecule has 2 fully saturated rings. The lowest BCUT2D eigenvalue weighted by molar-refractivity contribution is -0.142. The Balaban J connectivity index is 1.89. The largest absolute Gasteiger partial charge is 0.496 e. The fourth-order valence-corrected chi connectivity index (χ4v) is 3.32. The third-order valence-corrected chi connectivity index (χ3v) is 4.69. The van der Waals surface area contributed by atoms with Gasteiger partial charge in [0.2, 0.25) is 0 Å². The monoisotopic (exact) mass is 325 g/mol. The van der Waals surface area contributed by atoms with Crippen molar-refractivity contribution in [2.24, 2.45) is 17.8 Å². The number of carboxylic acids is 1. The maximum absolute atomic E-state index is 14.1. The Bertz CT molecular complexity index is 660. The van der Waals surface area contributed by atoms with E-state index in [2.05, 4.69) is 0 Å². The summed E-state index contributed by atoms with van der Waals surface area (Å²) in [5.74, 6) is -4.63. The second kappa shape index (κ2) is 5.79. The average molecular weight is 325 g/mol. The Morgan fingerprint density at radius 1 is 1.26 bits per heavy atom. The van der Waals surface area contributed by atoms with E-state index in [4.69, 9.17) is 4.74 Å². The fraction of sp³-hybridized carbons (Fsp3) is 0.500. The van der Waals surface area contributed by atoms with E-state index in [0.717, 1.165) is 18.9 Å². The van der Waals surface area contributed by atoms with E-state index in [1.165, 1.54) is 18.1 Å². The first kappa shape index (κ1) is 15.7. The second-order valence-corrected chi connectivity index (χ2v) is 6.09. The van der Waals surface area contributed by atoms with Crippen LogP contribution in [0.4, 0.5) is 8.78 Å². The van der Waals surface area contributed by atoms with Crippen molar-refractivity contribution >= 4 is 11.9 Å². The zero-order valence-electron chi connectivity index (χ0n) is 12.6. The van der Waals surface area contributed by atoms with Gasteiger partial charge in [0.05, 0.1) is 13.0 Å². The van der Waals surface area contributed by atoms with Gasteiger partial charge in [-0.1, -0.05) is 0 Å². The lowest BCUT2D eigenvalue weighted by Crippen LogP contribution is -2.31. The molecular weight excluding hydrogens is 308 g/mol. The lowest BCUT2D eigenvalue weighted by Gasteiger charge is -2.18. The molecule has 23 heavy (non-hydrogen) atoms. The highest BCUT2D eigenvalue weighted by Crippen LogP contribution is 2.44. The molecule has 1 saturated carbocycles. The number of hydrogen-bond acceptors (Lipinski definition) is 3. The number of nitrogens with zero attached hydrogens (tertiary/aromatic N) is 1. The fourth-order valence-electron chi connectivity index (χ4n) is 3.32. The molecule has 0 spiro atoms. The van der Waals surface area contributed by atoms with E-state index in [0.29, 0.717) is 5.92 Å². The Labute approximate surface area is 131 Å². The van der Waals surface area contributed by atoms with Crippen molar-refractivity contribution in [2.75, 3.05) is 20.2 Å². The number of likely N-dealkylation sites (tertiary alicyclic amines) is 1. The standard InChI is InChI=1S/C16H17F2NO4/c1-23-12-5-4-11(17)14(18)13(12)15(20)19-6-9(8-2-3-8)10(7-19)16(21)22/h4-5,8-10H,2-3,6-7H2,1H3,(H,21,22)/t9-,10+/m0/s1. The van der Waals surface area contributed by atoms with Gasteiger partial charge in [-0.05, 0) is 36.8 Å². The SMILES string of the molecule is COc1ccc(F)c(F)c1C(=O)N1C[C@@H](C(=O)O)[C@H](C2CC2)C1. The summed E-state index contributed by atoms with van der Waals surface area (Å²) in [5.41, 5.74) is -0.479. The Hall–Kier alpha value is -2.18. The van der Waals surface area contributed by atoms with E-state index in [9.17, 15) is 23.5 Å². The Morgan fingerprint density at radius 3 is 2.52 bits per heavy atom. The summed E-state index contributed by atoms with van der Waals surface area (Å²) >= 11 is 0. The molecule has 7 heteroatoms. The van der Waals surface area contributed by atoms with Gasteiger partial charge < -0.3 is 14.7 Å². The first-order valence-corrected chi connectivity index (χ1v) is 7.48. The van der Waals surface area contributed by atoms with Crippen molar-refractivity contribution < 1.29 is 28.2 Å². The van der Waals surface area contributed by atoms with Crippen molar-refractivity contribution in [3.63, 3.8) is 0 Å². The highest BCUT2D eigenvalue weighted by Gasteiger charge is 2.47. The molecule has 1 aromatic rings.